The number of nitrogens with zero attached hydrogens (tertiary/aromatic N) is 1. The standard InChI is InChI=1S/C15H26N2O4/c1-2-15(13(19)20)7-9-17(10-8-15)14(21)16-11-3-5-12(18)6-4-11/h11-12,18H,2-10H2,1H3,(H,16,21)(H,19,20). The molecule has 0 atom stereocenters. The van der Waals surface area contributed by atoms with Crippen molar-refractivity contribution < 1.29 is 19.8 Å². The number of carboxylic acids is 1. The first-order valence-electron chi connectivity index (χ1n) is 7.94. The lowest BCUT2D eigenvalue weighted by Gasteiger charge is -2.39. The van der Waals surface area contributed by atoms with Crippen molar-refractivity contribution in [1.29, 1.82) is 0 Å². The highest BCUT2D eigenvalue weighted by Gasteiger charge is 2.41. The predicted molar refractivity (Wildman–Crippen MR) is 78.0 cm³/mol. The number of rotatable bonds is 3. The minimum absolute atomic E-state index is 0.0912. The van der Waals surface area contributed by atoms with Crippen LogP contribution in [0.5, 0.6) is 0 Å². The van der Waals surface area contributed by atoms with E-state index in [1.165, 1.54) is 0 Å². The molecule has 0 aromatic rings. The Hall–Kier alpha value is -1.30. The highest BCUT2D eigenvalue weighted by Crippen LogP contribution is 2.35. The van der Waals surface area contributed by atoms with Crippen LogP contribution in [0, 0.1) is 5.41 Å². The molecule has 6 heteroatoms. The summed E-state index contributed by atoms with van der Waals surface area (Å²) in [5.41, 5.74) is -0.661. The van der Waals surface area contributed by atoms with E-state index < -0.39 is 11.4 Å². The van der Waals surface area contributed by atoms with E-state index in [-0.39, 0.29) is 18.2 Å². The average molecular weight is 298 g/mol. The Morgan fingerprint density at radius 3 is 2.24 bits per heavy atom. The number of piperidine rings is 1. The van der Waals surface area contributed by atoms with Gasteiger partial charge in [-0.15, -0.1) is 0 Å². The highest BCUT2D eigenvalue weighted by molar-refractivity contribution is 5.77. The van der Waals surface area contributed by atoms with E-state index >= 15 is 0 Å². The monoisotopic (exact) mass is 298 g/mol. The molecule has 2 rings (SSSR count). The van der Waals surface area contributed by atoms with Gasteiger partial charge in [0.05, 0.1) is 11.5 Å². The Bertz CT molecular complexity index is 383. The van der Waals surface area contributed by atoms with Gasteiger partial charge in [0.25, 0.3) is 0 Å². The molecular weight excluding hydrogens is 272 g/mol. The summed E-state index contributed by atoms with van der Waals surface area (Å²) in [5.74, 6) is -0.744. The van der Waals surface area contributed by atoms with Gasteiger partial charge in [-0.3, -0.25) is 4.79 Å². The van der Waals surface area contributed by atoms with Crippen LogP contribution < -0.4 is 5.32 Å². The van der Waals surface area contributed by atoms with Gasteiger partial charge in [-0.2, -0.15) is 0 Å². The fraction of sp³-hybridized carbons (Fsp3) is 0.867. The summed E-state index contributed by atoms with van der Waals surface area (Å²) in [5, 5.41) is 21.8. The number of aliphatic hydroxyl groups excluding tert-OH is 1. The van der Waals surface area contributed by atoms with Gasteiger partial charge in [-0.25, -0.2) is 4.79 Å². The van der Waals surface area contributed by atoms with Gasteiger partial charge in [-0.1, -0.05) is 6.92 Å². The maximum Gasteiger partial charge on any atom is 0.317 e. The number of likely N-dealkylation sites (tertiary alicyclic amines) is 1. The minimum Gasteiger partial charge on any atom is -0.481 e. The number of carbonyl (C=O) groups is 2. The maximum atomic E-state index is 12.2. The third-order valence-electron chi connectivity index (χ3n) is 5.16. The highest BCUT2D eigenvalue weighted by atomic mass is 16.4. The van der Waals surface area contributed by atoms with Crippen molar-refractivity contribution in [3.05, 3.63) is 0 Å². The molecule has 1 aliphatic carbocycles. The van der Waals surface area contributed by atoms with Gasteiger partial charge in [0.15, 0.2) is 0 Å². The lowest BCUT2D eigenvalue weighted by Crippen LogP contribution is -2.52. The van der Waals surface area contributed by atoms with Crippen molar-refractivity contribution in [1.82, 2.24) is 10.2 Å². The van der Waals surface area contributed by atoms with E-state index in [0.29, 0.717) is 32.4 Å². The van der Waals surface area contributed by atoms with Crippen LogP contribution in [0.25, 0.3) is 0 Å². The van der Waals surface area contributed by atoms with Crippen LogP contribution in [-0.4, -0.2) is 52.3 Å². The smallest absolute Gasteiger partial charge is 0.317 e. The minimum atomic E-state index is -0.744. The van der Waals surface area contributed by atoms with E-state index in [1.807, 2.05) is 6.92 Å². The zero-order valence-electron chi connectivity index (χ0n) is 12.7. The van der Waals surface area contributed by atoms with Gasteiger partial charge in [-0.05, 0) is 44.9 Å². The Kier molecular flexibility index (Phi) is 5.08. The molecule has 1 saturated carbocycles. The second-order valence-corrected chi connectivity index (χ2v) is 6.38. The largest absolute Gasteiger partial charge is 0.481 e. The first-order chi connectivity index (χ1) is 9.97. The van der Waals surface area contributed by atoms with E-state index in [0.717, 1.165) is 25.7 Å². The number of carbonyl (C=O) groups excluding carboxylic acids is 1. The third kappa shape index (κ3) is 3.67. The first-order valence-corrected chi connectivity index (χ1v) is 7.94. The van der Waals surface area contributed by atoms with Crippen LogP contribution >= 0.6 is 0 Å². The molecule has 6 nitrogen and oxygen atoms in total. The molecule has 0 aromatic heterocycles. The molecule has 3 N–H and O–H groups in total. The second-order valence-electron chi connectivity index (χ2n) is 6.38. The fourth-order valence-electron chi connectivity index (χ4n) is 3.34. The normalized spacial score (nSPS) is 29.0. The molecule has 2 fully saturated rings. The molecule has 0 spiro atoms. The summed E-state index contributed by atoms with van der Waals surface area (Å²) in [7, 11) is 0. The lowest BCUT2D eigenvalue weighted by molar-refractivity contribution is -0.151. The van der Waals surface area contributed by atoms with Crippen molar-refractivity contribution in [3.8, 4) is 0 Å². The molecule has 0 aromatic carbocycles. The molecule has 1 aliphatic heterocycles. The number of amides is 2. The lowest BCUT2D eigenvalue weighted by atomic mass is 9.76. The Morgan fingerprint density at radius 2 is 1.76 bits per heavy atom. The van der Waals surface area contributed by atoms with E-state index in [4.69, 9.17) is 0 Å². The van der Waals surface area contributed by atoms with Crippen molar-refractivity contribution in [3.63, 3.8) is 0 Å². The summed E-state index contributed by atoms with van der Waals surface area (Å²) >= 11 is 0. The quantitative estimate of drug-likeness (QED) is 0.738. The van der Waals surface area contributed by atoms with Gasteiger partial charge in [0, 0.05) is 19.1 Å². The van der Waals surface area contributed by atoms with Crippen LogP contribution in [0.1, 0.15) is 51.9 Å². The van der Waals surface area contributed by atoms with E-state index in [1.54, 1.807) is 4.90 Å². The molecular formula is C15H26N2O4. The summed E-state index contributed by atoms with van der Waals surface area (Å²) in [4.78, 5) is 25.3. The van der Waals surface area contributed by atoms with Gasteiger partial charge < -0.3 is 20.4 Å². The molecule has 120 valence electrons. The first kappa shape index (κ1) is 16.1. The van der Waals surface area contributed by atoms with Gasteiger partial charge in [0.2, 0.25) is 0 Å². The summed E-state index contributed by atoms with van der Waals surface area (Å²) in [6, 6.07) is 0.0460. The fourth-order valence-corrected chi connectivity index (χ4v) is 3.34. The van der Waals surface area contributed by atoms with Crippen LogP contribution in [0.4, 0.5) is 4.79 Å². The number of carboxylic acid groups (broad SMARTS) is 1. The van der Waals surface area contributed by atoms with E-state index in [9.17, 15) is 19.8 Å². The maximum absolute atomic E-state index is 12.2. The Morgan fingerprint density at radius 1 is 1.19 bits per heavy atom. The van der Waals surface area contributed by atoms with Crippen molar-refractivity contribution in [2.45, 2.75) is 64.0 Å². The summed E-state index contributed by atoms with van der Waals surface area (Å²) in [6.45, 7) is 2.90. The SMILES string of the molecule is CCC1(C(=O)O)CCN(C(=O)NC2CCC(O)CC2)CC1. The average Bonchev–Trinajstić information content (AvgIpc) is 2.49. The zero-order chi connectivity index (χ0) is 15.5. The van der Waals surface area contributed by atoms with Crippen molar-refractivity contribution >= 4 is 12.0 Å². The number of nitrogens with one attached hydrogen (secondary N) is 1. The predicted octanol–water partition coefficient (Wildman–Crippen LogP) is 1.58. The third-order valence-corrected chi connectivity index (χ3v) is 5.16. The molecule has 1 saturated heterocycles. The zero-order valence-corrected chi connectivity index (χ0v) is 12.7. The molecule has 2 amide bonds. The van der Waals surface area contributed by atoms with E-state index in [2.05, 4.69) is 5.32 Å². The second kappa shape index (κ2) is 6.64. The number of aliphatic carboxylic acids is 1. The number of hydrogen-bond acceptors (Lipinski definition) is 3. The van der Waals surface area contributed by atoms with Crippen LogP contribution in [0.3, 0.4) is 0 Å². The molecule has 1 heterocycles. The Labute approximate surface area is 125 Å². The molecule has 0 radical (unpaired) electrons. The number of hydrogen-bond donors (Lipinski definition) is 3. The summed E-state index contributed by atoms with van der Waals surface area (Å²) < 4.78 is 0. The van der Waals surface area contributed by atoms with Gasteiger partial charge in [0.1, 0.15) is 0 Å². The van der Waals surface area contributed by atoms with Gasteiger partial charge >= 0.3 is 12.0 Å². The topological polar surface area (TPSA) is 89.9 Å². The number of aliphatic hydroxyl groups is 1. The molecule has 2 aliphatic rings. The van der Waals surface area contributed by atoms with Crippen LogP contribution in [0.15, 0.2) is 0 Å². The number of urea groups is 1. The molecule has 21 heavy (non-hydrogen) atoms. The summed E-state index contributed by atoms with van der Waals surface area (Å²) in [6.07, 6.45) is 4.53. The van der Waals surface area contributed by atoms with Crippen molar-refractivity contribution in [2.75, 3.05) is 13.1 Å². The van der Waals surface area contributed by atoms with Crippen LogP contribution in [0.2, 0.25) is 0 Å². The van der Waals surface area contributed by atoms with Crippen molar-refractivity contribution in [2.24, 2.45) is 5.41 Å². The van der Waals surface area contributed by atoms with Crippen LogP contribution in [-0.2, 0) is 4.79 Å². The Balaban J connectivity index is 1.82. The molecule has 0 bridgehead atoms. The molecule has 0 unspecified atom stereocenters.